The number of rotatable bonds is 5. The molecular formula is C19H20N2. The van der Waals surface area contributed by atoms with E-state index < -0.39 is 0 Å². The fourth-order valence-corrected chi connectivity index (χ4v) is 2.01. The van der Waals surface area contributed by atoms with Crippen LogP contribution in [0.4, 0.5) is 0 Å². The van der Waals surface area contributed by atoms with Gasteiger partial charge in [0.05, 0.1) is 5.69 Å². The number of benzene rings is 1. The average Bonchev–Trinajstić information content (AvgIpc) is 2.53. The van der Waals surface area contributed by atoms with Gasteiger partial charge in [0.25, 0.3) is 0 Å². The second-order valence-corrected chi connectivity index (χ2v) is 5.08. The van der Waals surface area contributed by atoms with Crippen molar-refractivity contribution in [2.75, 3.05) is 0 Å². The predicted molar refractivity (Wildman–Crippen MR) is 89.9 cm³/mol. The van der Waals surface area contributed by atoms with E-state index in [1.54, 1.807) is 12.2 Å². The Balaban J connectivity index is 2.62. The third-order valence-corrected chi connectivity index (χ3v) is 3.18. The highest BCUT2D eigenvalue weighted by Crippen LogP contribution is 2.23. The molecule has 0 spiro atoms. The number of hydrogen-bond donors (Lipinski definition) is 0. The largest absolute Gasteiger partial charge is 0.233 e. The van der Waals surface area contributed by atoms with Crippen LogP contribution in [0.1, 0.15) is 31.2 Å². The Morgan fingerprint density at radius 3 is 2.38 bits per heavy atom. The molecule has 0 aliphatic carbocycles. The van der Waals surface area contributed by atoms with E-state index in [-0.39, 0.29) is 0 Å². The zero-order valence-electron chi connectivity index (χ0n) is 12.6. The summed E-state index contributed by atoms with van der Waals surface area (Å²) in [6.45, 7) is 11.9. The van der Waals surface area contributed by atoms with Crippen molar-refractivity contribution in [1.29, 1.82) is 0 Å². The van der Waals surface area contributed by atoms with Gasteiger partial charge in [-0.25, -0.2) is 9.97 Å². The summed E-state index contributed by atoms with van der Waals surface area (Å²) in [6.07, 6.45) is 5.45. The van der Waals surface area contributed by atoms with E-state index in [4.69, 9.17) is 0 Å². The van der Waals surface area contributed by atoms with Crippen LogP contribution in [0.3, 0.4) is 0 Å². The minimum absolute atomic E-state index is 0.337. The maximum atomic E-state index is 4.68. The van der Waals surface area contributed by atoms with Crippen LogP contribution in [-0.4, -0.2) is 9.97 Å². The summed E-state index contributed by atoms with van der Waals surface area (Å²) in [5, 5.41) is 0. The van der Waals surface area contributed by atoms with E-state index in [0.717, 1.165) is 28.3 Å². The van der Waals surface area contributed by atoms with Gasteiger partial charge in [-0.2, -0.15) is 0 Å². The standard InChI is InChI=1S/C19H20N2/c1-5-10-15(6-2)18-13-17(14(3)4)20-19(21-18)16-11-8-7-9-12-16/h5-14H,1-2H2,3-4H3/b15-10+. The molecule has 2 aromatic rings. The first-order chi connectivity index (χ1) is 10.2. The van der Waals surface area contributed by atoms with E-state index in [0.29, 0.717) is 5.92 Å². The van der Waals surface area contributed by atoms with Crippen molar-refractivity contribution in [3.05, 3.63) is 79.2 Å². The third kappa shape index (κ3) is 3.54. The lowest BCUT2D eigenvalue weighted by molar-refractivity contribution is 0.815. The van der Waals surface area contributed by atoms with Crippen molar-refractivity contribution in [2.24, 2.45) is 0 Å². The quantitative estimate of drug-likeness (QED) is 0.716. The second-order valence-electron chi connectivity index (χ2n) is 5.08. The van der Waals surface area contributed by atoms with Crippen molar-refractivity contribution in [3.63, 3.8) is 0 Å². The molecular weight excluding hydrogens is 256 g/mol. The molecule has 0 aliphatic heterocycles. The summed E-state index contributed by atoms with van der Waals surface area (Å²) in [5.74, 6) is 1.08. The predicted octanol–water partition coefficient (Wildman–Crippen LogP) is 5.02. The van der Waals surface area contributed by atoms with Crippen LogP contribution >= 0.6 is 0 Å². The first-order valence-corrected chi connectivity index (χ1v) is 7.05. The molecule has 0 aliphatic rings. The number of aromatic nitrogens is 2. The molecule has 0 unspecified atom stereocenters. The summed E-state index contributed by atoms with van der Waals surface area (Å²) in [6, 6.07) is 12.0. The molecule has 2 heteroatoms. The Kier molecular flexibility index (Phi) is 4.83. The van der Waals surface area contributed by atoms with E-state index in [2.05, 4.69) is 37.0 Å². The molecule has 0 fully saturated rings. The van der Waals surface area contributed by atoms with Gasteiger partial charge in [-0.05, 0) is 17.6 Å². The molecule has 1 aromatic heterocycles. The van der Waals surface area contributed by atoms with E-state index in [1.807, 2.05) is 42.5 Å². The maximum absolute atomic E-state index is 4.68. The van der Waals surface area contributed by atoms with Crippen LogP contribution in [0, 0.1) is 0 Å². The van der Waals surface area contributed by atoms with Gasteiger partial charge in [0, 0.05) is 11.3 Å². The van der Waals surface area contributed by atoms with Crippen LogP contribution < -0.4 is 0 Å². The van der Waals surface area contributed by atoms with Gasteiger partial charge in [-0.15, -0.1) is 0 Å². The molecule has 1 aromatic carbocycles. The molecule has 0 saturated carbocycles. The first kappa shape index (κ1) is 14.9. The fraction of sp³-hybridized carbons (Fsp3) is 0.158. The van der Waals surface area contributed by atoms with Crippen molar-refractivity contribution in [1.82, 2.24) is 9.97 Å². The number of allylic oxidation sites excluding steroid dienone is 4. The fourth-order valence-electron chi connectivity index (χ4n) is 2.01. The molecule has 0 amide bonds. The molecule has 2 nitrogen and oxygen atoms in total. The normalized spacial score (nSPS) is 11.5. The molecule has 106 valence electrons. The molecule has 0 bridgehead atoms. The van der Waals surface area contributed by atoms with Crippen LogP contribution in [0.2, 0.25) is 0 Å². The third-order valence-electron chi connectivity index (χ3n) is 3.18. The molecule has 0 saturated heterocycles. The van der Waals surface area contributed by atoms with Gasteiger partial charge in [-0.1, -0.05) is 75.6 Å². The molecule has 2 rings (SSSR count). The van der Waals surface area contributed by atoms with Gasteiger partial charge in [-0.3, -0.25) is 0 Å². The van der Waals surface area contributed by atoms with Gasteiger partial charge < -0.3 is 0 Å². The number of nitrogens with zero attached hydrogens (tertiary/aromatic N) is 2. The van der Waals surface area contributed by atoms with Crippen molar-refractivity contribution in [2.45, 2.75) is 19.8 Å². The molecule has 0 atom stereocenters. The summed E-state index contributed by atoms with van der Waals surface area (Å²) in [5.41, 5.74) is 3.87. The lowest BCUT2D eigenvalue weighted by atomic mass is 10.1. The highest BCUT2D eigenvalue weighted by atomic mass is 14.9. The monoisotopic (exact) mass is 276 g/mol. The highest BCUT2D eigenvalue weighted by Gasteiger charge is 2.10. The summed E-state index contributed by atoms with van der Waals surface area (Å²) < 4.78 is 0. The van der Waals surface area contributed by atoms with Gasteiger partial charge in [0.15, 0.2) is 5.82 Å². The topological polar surface area (TPSA) is 25.8 Å². The van der Waals surface area contributed by atoms with E-state index >= 15 is 0 Å². The highest BCUT2D eigenvalue weighted by molar-refractivity contribution is 5.73. The SMILES string of the molecule is C=C/C=C(\C=C)c1cc(C(C)C)nc(-c2ccccc2)n1. The Morgan fingerprint density at radius 1 is 1.10 bits per heavy atom. The Morgan fingerprint density at radius 2 is 1.81 bits per heavy atom. The molecule has 1 heterocycles. The summed E-state index contributed by atoms with van der Waals surface area (Å²) in [4.78, 5) is 9.36. The zero-order valence-corrected chi connectivity index (χ0v) is 12.6. The van der Waals surface area contributed by atoms with Crippen molar-refractivity contribution in [3.8, 4) is 11.4 Å². The minimum Gasteiger partial charge on any atom is -0.233 e. The first-order valence-electron chi connectivity index (χ1n) is 7.05. The Bertz CT molecular complexity index is 667. The number of hydrogen-bond acceptors (Lipinski definition) is 2. The molecule has 0 N–H and O–H groups in total. The average molecular weight is 276 g/mol. The Hall–Kier alpha value is -2.48. The smallest absolute Gasteiger partial charge is 0.160 e. The maximum Gasteiger partial charge on any atom is 0.160 e. The Labute approximate surface area is 126 Å². The minimum atomic E-state index is 0.337. The van der Waals surface area contributed by atoms with Crippen LogP contribution in [-0.2, 0) is 0 Å². The molecule has 21 heavy (non-hydrogen) atoms. The van der Waals surface area contributed by atoms with Crippen LogP contribution in [0.5, 0.6) is 0 Å². The second kappa shape index (κ2) is 6.80. The van der Waals surface area contributed by atoms with E-state index in [9.17, 15) is 0 Å². The van der Waals surface area contributed by atoms with Crippen molar-refractivity contribution >= 4 is 5.57 Å². The zero-order chi connectivity index (χ0) is 15.2. The van der Waals surface area contributed by atoms with E-state index in [1.165, 1.54) is 0 Å². The van der Waals surface area contributed by atoms with Gasteiger partial charge in [0.2, 0.25) is 0 Å². The summed E-state index contributed by atoms with van der Waals surface area (Å²) >= 11 is 0. The lowest BCUT2D eigenvalue weighted by Crippen LogP contribution is -2.01. The van der Waals surface area contributed by atoms with Crippen LogP contribution in [0.15, 0.2) is 67.8 Å². The van der Waals surface area contributed by atoms with Gasteiger partial charge >= 0.3 is 0 Å². The van der Waals surface area contributed by atoms with Gasteiger partial charge in [0.1, 0.15) is 0 Å². The summed E-state index contributed by atoms with van der Waals surface area (Å²) in [7, 11) is 0. The lowest BCUT2D eigenvalue weighted by Gasteiger charge is -2.11. The van der Waals surface area contributed by atoms with Crippen molar-refractivity contribution < 1.29 is 0 Å². The van der Waals surface area contributed by atoms with Crippen LogP contribution in [0.25, 0.3) is 17.0 Å². The molecule has 0 radical (unpaired) electrons.